The molecule has 0 saturated carbocycles. The third kappa shape index (κ3) is 3.48. The molecule has 2 aromatic carbocycles. The van der Waals surface area contributed by atoms with E-state index in [-0.39, 0.29) is 5.56 Å². The van der Waals surface area contributed by atoms with Crippen molar-refractivity contribution in [3.63, 3.8) is 0 Å². The number of benzene rings is 2. The van der Waals surface area contributed by atoms with Crippen molar-refractivity contribution >= 4 is 23.4 Å². The minimum Gasteiger partial charge on any atom is -0.497 e. The van der Waals surface area contributed by atoms with E-state index in [2.05, 4.69) is 4.99 Å². The minimum atomic E-state index is -0.627. The first-order valence-corrected chi connectivity index (χ1v) is 10.1. The van der Waals surface area contributed by atoms with Crippen LogP contribution >= 0.6 is 11.3 Å². The monoisotopic (exact) mass is 420 g/mol. The maximum Gasteiger partial charge on any atom is 0.338 e. The molecule has 0 amide bonds. The van der Waals surface area contributed by atoms with Crippen molar-refractivity contribution in [2.24, 2.45) is 4.99 Å². The molecule has 1 aliphatic heterocycles. The lowest BCUT2D eigenvalue weighted by atomic mass is 9.96. The Morgan fingerprint density at radius 1 is 1.10 bits per heavy atom. The van der Waals surface area contributed by atoms with Gasteiger partial charge in [0.1, 0.15) is 5.75 Å². The lowest BCUT2D eigenvalue weighted by molar-refractivity contribution is -0.136. The summed E-state index contributed by atoms with van der Waals surface area (Å²) in [4.78, 5) is 31.1. The number of carbonyl (C=O) groups is 1. The molecule has 2 heterocycles. The topological polar surface area (TPSA) is 69.9 Å². The van der Waals surface area contributed by atoms with E-state index in [1.165, 1.54) is 18.4 Å². The van der Waals surface area contributed by atoms with Crippen LogP contribution in [0.2, 0.25) is 0 Å². The first-order chi connectivity index (χ1) is 14.5. The highest BCUT2D eigenvalue weighted by molar-refractivity contribution is 7.07. The van der Waals surface area contributed by atoms with Crippen molar-refractivity contribution < 1.29 is 14.3 Å². The normalized spacial score (nSPS) is 16.1. The van der Waals surface area contributed by atoms with Crippen LogP contribution in [0.4, 0.5) is 0 Å². The molecule has 0 radical (unpaired) electrons. The zero-order valence-corrected chi connectivity index (χ0v) is 17.6. The van der Waals surface area contributed by atoms with Gasteiger partial charge in [0.25, 0.3) is 5.56 Å². The van der Waals surface area contributed by atoms with Gasteiger partial charge in [-0.15, -0.1) is 0 Å². The summed E-state index contributed by atoms with van der Waals surface area (Å²) >= 11 is 1.31. The summed E-state index contributed by atoms with van der Waals surface area (Å²) in [6, 6.07) is 16.3. The standard InChI is InChI=1S/C23H20N2O4S/c1-14-19(22(27)29-3)20(16-9-11-17(28-2)12-10-16)25-21(26)18(30-23(25)24-14)13-15-7-5-4-6-8-15/h4-13,20H,1-3H3/b18-13+/t20-/m1/s1. The average Bonchev–Trinajstić information content (AvgIpc) is 3.07. The fraction of sp³-hybridized carbons (Fsp3) is 0.174. The van der Waals surface area contributed by atoms with Gasteiger partial charge in [-0.25, -0.2) is 9.79 Å². The second kappa shape index (κ2) is 8.12. The number of hydrogen-bond acceptors (Lipinski definition) is 6. The smallest absolute Gasteiger partial charge is 0.338 e. The fourth-order valence-corrected chi connectivity index (χ4v) is 4.54. The summed E-state index contributed by atoms with van der Waals surface area (Å²) in [7, 11) is 2.92. The zero-order chi connectivity index (χ0) is 21.3. The quantitative estimate of drug-likeness (QED) is 0.608. The maximum atomic E-state index is 13.4. The van der Waals surface area contributed by atoms with Crippen molar-refractivity contribution in [1.82, 2.24) is 4.57 Å². The predicted octanol–water partition coefficient (Wildman–Crippen LogP) is 2.42. The predicted molar refractivity (Wildman–Crippen MR) is 115 cm³/mol. The van der Waals surface area contributed by atoms with E-state index in [4.69, 9.17) is 9.47 Å². The van der Waals surface area contributed by atoms with Gasteiger partial charge in [-0.05, 0) is 36.3 Å². The average molecular weight is 420 g/mol. The molecule has 3 aromatic rings. The van der Waals surface area contributed by atoms with Gasteiger partial charge in [0.2, 0.25) is 0 Å². The second-order valence-corrected chi connectivity index (χ2v) is 7.77. The Labute approximate surface area is 177 Å². The number of hydrogen-bond donors (Lipinski definition) is 0. The molecule has 1 aliphatic rings. The molecular weight excluding hydrogens is 400 g/mol. The SMILES string of the molecule is COC(=O)C1=C(C)N=c2s/c(=C/c3ccccc3)c(=O)n2[C@@H]1c1ccc(OC)cc1. The number of rotatable bonds is 4. The van der Waals surface area contributed by atoms with Gasteiger partial charge < -0.3 is 9.47 Å². The molecule has 7 heteroatoms. The third-order valence-electron chi connectivity index (χ3n) is 4.96. The number of allylic oxidation sites excluding steroid dienone is 1. The van der Waals surface area contributed by atoms with Crippen molar-refractivity contribution in [1.29, 1.82) is 0 Å². The van der Waals surface area contributed by atoms with Gasteiger partial charge in [0.15, 0.2) is 4.80 Å². The summed E-state index contributed by atoms with van der Waals surface area (Å²) in [5, 5.41) is 0. The van der Waals surface area contributed by atoms with Gasteiger partial charge in [0.05, 0.1) is 36.1 Å². The molecule has 0 spiro atoms. The molecule has 0 unspecified atom stereocenters. The van der Waals surface area contributed by atoms with Crippen LogP contribution in [0.5, 0.6) is 5.75 Å². The van der Waals surface area contributed by atoms with Crippen molar-refractivity contribution in [2.75, 3.05) is 14.2 Å². The van der Waals surface area contributed by atoms with Crippen LogP contribution in [-0.2, 0) is 9.53 Å². The number of nitrogens with zero attached hydrogens (tertiary/aromatic N) is 2. The third-order valence-corrected chi connectivity index (χ3v) is 5.94. The van der Waals surface area contributed by atoms with E-state index < -0.39 is 12.0 Å². The Morgan fingerprint density at radius 2 is 1.80 bits per heavy atom. The molecule has 152 valence electrons. The first kappa shape index (κ1) is 19.8. The Balaban J connectivity index is 1.96. The molecule has 4 rings (SSSR count). The highest BCUT2D eigenvalue weighted by Crippen LogP contribution is 2.31. The van der Waals surface area contributed by atoms with Gasteiger partial charge in [-0.1, -0.05) is 53.8 Å². The van der Waals surface area contributed by atoms with Crippen LogP contribution in [-0.4, -0.2) is 24.8 Å². The van der Waals surface area contributed by atoms with E-state index in [0.717, 1.165) is 11.1 Å². The van der Waals surface area contributed by atoms with Crippen molar-refractivity contribution in [3.05, 3.63) is 96.7 Å². The van der Waals surface area contributed by atoms with Gasteiger partial charge in [-0.3, -0.25) is 9.36 Å². The van der Waals surface area contributed by atoms with Gasteiger partial charge in [0, 0.05) is 0 Å². The van der Waals surface area contributed by atoms with Gasteiger partial charge >= 0.3 is 5.97 Å². The van der Waals surface area contributed by atoms with E-state index in [0.29, 0.717) is 26.4 Å². The number of thiazole rings is 1. The molecule has 0 saturated heterocycles. The van der Waals surface area contributed by atoms with E-state index >= 15 is 0 Å². The van der Waals surface area contributed by atoms with E-state index in [1.54, 1.807) is 30.7 Å². The largest absolute Gasteiger partial charge is 0.497 e. The molecule has 6 nitrogen and oxygen atoms in total. The van der Waals surface area contributed by atoms with Crippen LogP contribution in [0, 0.1) is 0 Å². The first-order valence-electron chi connectivity index (χ1n) is 9.33. The maximum absolute atomic E-state index is 13.4. The van der Waals surface area contributed by atoms with Crippen LogP contribution < -0.4 is 19.6 Å². The number of carbonyl (C=O) groups excluding carboxylic acids is 1. The molecule has 1 aromatic heterocycles. The zero-order valence-electron chi connectivity index (χ0n) is 16.8. The molecule has 0 bridgehead atoms. The second-order valence-electron chi connectivity index (χ2n) is 6.76. The summed E-state index contributed by atoms with van der Waals surface area (Å²) in [6.45, 7) is 1.76. The molecule has 0 fully saturated rings. The number of esters is 1. The fourth-order valence-electron chi connectivity index (χ4n) is 3.49. The molecule has 0 N–H and O–H groups in total. The number of ether oxygens (including phenoxy) is 2. The molecule has 30 heavy (non-hydrogen) atoms. The van der Waals surface area contributed by atoms with Crippen molar-refractivity contribution in [2.45, 2.75) is 13.0 Å². The minimum absolute atomic E-state index is 0.197. The Kier molecular flexibility index (Phi) is 5.37. The summed E-state index contributed by atoms with van der Waals surface area (Å²) in [5.74, 6) is 0.185. The Bertz CT molecular complexity index is 1300. The van der Waals surface area contributed by atoms with Crippen LogP contribution in [0.15, 0.2) is 75.7 Å². The Morgan fingerprint density at radius 3 is 2.43 bits per heavy atom. The van der Waals surface area contributed by atoms with Crippen LogP contribution in [0.1, 0.15) is 24.1 Å². The lowest BCUT2D eigenvalue weighted by Gasteiger charge is -2.24. The lowest BCUT2D eigenvalue weighted by Crippen LogP contribution is -2.39. The summed E-state index contributed by atoms with van der Waals surface area (Å²) in [5.41, 5.74) is 2.39. The summed E-state index contributed by atoms with van der Waals surface area (Å²) < 4.78 is 12.4. The molecular formula is C23H20N2O4S. The van der Waals surface area contributed by atoms with Gasteiger partial charge in [-0.2, -0.15) is 0 Å². The number of fused-ring (bicyclic) bond motifs is 1. The van der Waals surface area contributed by atoms with Crippen LogP contribution in [0.3, 0.4) is 0 Å². The molecule has 0 aliphatic carbocycles. The number of methoxy groups -OCH3 is 2. The highest BCUT2D eigenvalue weighted by atomic mass is 32.1. The Hall–Kier alpha value is -3.45. The molecule has 1 atom stereocenters. The van der Waals surface area contributed by atoms with E-state index in [9.17, 15) is 9.59 Å². The van der Waals surface area contributed by atoms with Crippen LogP contribution in [0.25, 0.3) is 6.08 Å². The van der Waals surface area contributed by atoms with E-state index in [1.807, 2.05) is 48.5 Å². The van der Waals surface area contributed by atoms with Crippen molar-refractivity contribution in [3.8, 4) is 5.75 Å². The highest BCUT2D eigenvalue weighted by Gasteiger charge is 2.33. The summed E-state index contributed by atoms with van der Waals surface area (Å²) in [6.07, 6.45) is 1.84. The number of aromatic nitrogens is 1.